The number of thioether (sulfide) groups is 1. The van der Waals surface area contributed by atoms with E-state index in [-0.39, 0.29) is 11.9 Å². The van der Waals surface area contributed by atoms with Gasteiger partial charge in [-0.25, -0.2) is 0 Å². The van der Waals surface area contributed by atoms with Gasteiger partial charge in [-0.1, -0.05) is 12.1 Å². The normalized spacial score (nSPS) is 12.4. The number of ether oxygens (including phenoxy) is 1. The molecule has 0 saturated heterocycles. The van der Waals surface area contributed by atoms with Crippen LogP contribution in [0.4, 0.5) is 0 Å². The third kappa shape index (κ3) is 3.93. The van der Waals surface area contributed by atoms with E-state index in [1.165, 1.54) is 11.8 Å². The predicted octanol–water partition coefficient (Wildman–Crippen LogP) is 2.57. The molecule has 0 unspecified atom stereocenters. The molecule has 1 aromatic carbocycles. The molecule has 4 heteroatoms. The Morgan fingerprint density at radius 3 is 2.53 bits per heavy atom. The van der Waals surface area contributed by atoms with Gasteiger partial charge in [0.05, 0.1) is 11.9 Å². The minimum absolute atomic E-state index is 0.0727. The Morgan fingerprint density at radius 2 is 2.07 bits per heavy atom. The van der Waals surface area contributed by atoms with Crippen molar-refractivity contribution in [1.82, 2.24) is 0 Å². The molecule has 0 aliphatic carbocycles. The topological polar surface area (TPSA) is 46.5 Å². The lowest BCUT2D eigenvalue weighted by atomic mass is 10.1. The first-order chi connectivity index (χ1) is 7.13. The van der Waals surface area contributed by atoms with Gasteiger partial charge in [-0.3, -0.25) is 4.79 Å². The molecule has 15 heavy (non-hydrogen) atoms. The van der Waals surface area contributed by atoms with Crippen LogP contribution in [0.5, 0.6) is 0 Å². The molecule has 0 fully saturated rings. The van der Waals surface area contributed by atoms with Crippen LogP contribution < -0.4 is 0 Å². The molecule has 1 rings (SSSR count). The molecule has 0 radical (unpaired) electrons. The summed E-state index contributed by atoms with van der Waals surface area (Å²) in [4.78, 5) is 11.3. The molecule has 1 N–H and O–H groups in total. The first kappa shape index (κ1) is 12.1. The molecule has 0 aromatic heterocycles. The van der Waals surface area contributed by atoms with Gasteiger partial charge in [-0.2, -0.15) is 0 Å². The van der Waals surface area contributed by atoms with E-state index in [2.05, 4.69) is 0 Å². The summed E-state index contributed by atoms with van der Waals surface area (Å²) in [5.41, 5.74) is 1.09. The smallest absolute Gasteiger partial charge is 0.313 e. The van der Waals surface area contributed by atoms with Crippen LogP contribution in [0, 0.1) is 0 Å². The molecule has 0 bridgehead atoms. The maximum absolute atomic E-state index is 10.4. The van der Waals surface area contributed by atoms with Gasteiger partial charge in [0.2, 0.25) is 0 Å². The lowest BCUT2D eigenvalue weighted by Gasteiger charge is -2.09. The van der Waals surface area contributed by atoms with Crippen molar-refractivity contribution in [3.63, 3.8) is 0 Å². The van der Waals surface area contributed by atoms with E-state index < -0.39 is 5.97 Å². The van der Waals surface area contributed by atoms with Crippen molar-refractivity contribution >= 4 is 17.7 Å². The zero-order chi connectivity index (χ0) is 11.3. The van der Waals surface area contributed by atoms with Crippen LogP contribution in [0.25, 0.3) is 0 Å². The third-order valence-corrected chi connectivity index (χ3v) is 3.06. The number of hydrogen-bond acceptors (Lipinski definition) is 3. The van der Waals surface area contributed by atoms with Gasteiger partial charge >= 0.3 is 5.97 Å². The fourth-order valence-corrected chi connectivity index (χ4v) is 1.73. The van der Waals surface area contributed by atoms with E-state index in [4.69, 9.17) is 9.84 Å². The number of rotatable bonds is 5. The Hall–Kier alpha value is -1.00. The highest BCUT2D eigenvalue weighted by molar-refractivity contribution is 8.00. The van der Waals surface area contributed by atoms with Crippen molar-refractivity contribution in [2.75, 3.05) is 12.9 Å². The molecule has 0 heterocycles. The highest BCUT2D eigenvalue weighted by atomic mass is 32.2. The van der Waals surface area contributed by atoms with E-state index in [9.17, 15) is 4.79 Å². The molecular formula is C11H14O3S. The van der Waals surface area contributed by atoms with E-state index >= 15 is 0 Å². The number of hydrogen-bond donors (Lipinski definition) is 1. The summed E-state index contributed by atoms with van der Waals surface area (Å²) in [6, 6.07) is 7.74. The summed E-state index contributed by atoms with van der Waals surface area (Å²) in [7, 11) is 1.66. The van der Waals surface area contributed by atoms with Gasteiger partial charge in [-0.15, -0.1) is 11.8 Å². The maximum atomic E-state index is 10.4. The minimum Gasteiger partial charge on any atom is -0.481 e. The second-order valence-corrected chi connectivity index (χ2v) is 4.18. The van der Waals surface area contributed by atoms with Crippen molar-refractivity contribution in [3.05, 3.63) is 29.8 Å². The molecule has 0 spiro atoms. The number of benzene rings is 1. The van der Waals surface area contributed by atoms with Gasteiger partial charge in [0.25, 0.3) is 0 Å². The van der Waals surface area contributed by atoms with Crippen LogP contribution >= 0.6 is 11.8 Å². The van der Waals surface area contributed by atoms with Crippen LogP contribution in [0.2, 0.25) is 0 Å². The highest BCUT2D eigenvalue weighted by Gasteiger charge is 2.04. The van der Waals surface area contributed by atoms with Crippen molar-refractivity contribution in [2.45, 2.75) is 17.9 Å². The predicted molar refractivity (Wildman–Crippen MR) is 60.2 cm³/mol. The second-order valence-electron chi connectivity index (χ2n) is 3.13. The first-order valence-corrected chi connectivity index (χ1v) is 5.59. The van der Waals surface area contributed by atoms with Gasteiger partial charge in [-0.05, 0) is 24.6 Å². The van der Waals surface area contributed by atoms with Crippen LogP contribution in [-0.4, -0.2) is 23.9 Å². The quantitative estimate of drug-likeness (QED) is 0.784. The lowest BCUT2D eigenvalue weighted by Crippen LogP contribution is -1.98. The number of aliphatic carboxylic acids is 1. The van der Waals surface area contributed by atoms with Crippen LogP contribution in [0.15, 0.2) is 29.2 Å². The Kier molecular flexibility index (Phi) is 4.65. The zero-order valence-corrected chi connectivity index (χ0v) is 9.58. The van der Waals surface area contributed by atoms with Crippen molar-refractivity contribution in [3.8, 4) is 0 Å². The van der Waals surface area contributed by atoms with Crippen molar-refractivity contribution in [1.29, 1.82) is 0 Å². The van der Waals surface area contributed by atoms with Crippen LogP contribution in [-0.2, 0) is 9.53 Å². The summed E-state index contributed by atoms with van der Waals surface area (Å²) < 4.78 is 5.17. The van der Waals surface area contributed by atoms with Crippen LogP contribution in [0.3, 0.4) is 0 Å². The number of carboxylic acids is 1. The van der Waals surface area contributed by atoms with Crippen molar-refractivity contribution < 1.29 is 14.6 Å². The Morgan fingerprint density at radius 1 is 1.47 bits per heavy atom. The maximum Gasteiger partial charge on any atom is 0.313 e. The standard InChI is InChI=1S/C11H14O3S/c1-8(14-2)9-3-5-10(6-4-9)15-7-11(12)13/h3-6,8H,7H2,1-2H3,(H,12,13)/t8-/m1/s1. The fourth-order valence-electron chi connectivity index (χ4n) is 1.12. The average Bonchev–Trinajstić information content (AvgIpc) is 2.26. The van der Waals surface area contributed by atoms with E-state index in [0.29, 0.717) is 0 Å². The summed E-state index contributed by atoms with van der Waals surface area (Å²) in [5, 5.41) is 8.51. The molecular weight excluding hydrogens is 212 g/mol. The average molecular weight is 226 g/mol. The first-order valence-electron chi connectivity index (χ1n) is 4.61. The molecule has 0 saturated carbocycles. The summed E-state index contributed by atoms with van der Waals surface area (Å²) in [5.74, 6) is -0.701. The van der Waals surface area contributed by atoms with Crippen LogP contribution in [0.1, 0.15) is 18.6 Å². The summed E-state index contributed by atoms with van der Waals surface area (Å²) in [6.07, 6.45) is 0.0727. The molecule has 0 aliphatic rings. The Balaban J connectivity index is 2.60. The lowest BCUT2D eigenvalue weighted by molar-refractivity contribution is -0.133. The Bertz CT molecular complexity index is 321. The van der Waals surface area contributed by atoms with Crippen molar-refractivity contribution in [2.24, 2.45) is 0 Å². The highest BCUT2D eigenvalue weighted by Crippen LogP contribution is 2.21. The molecule has 0 amide bonds. The fraction of sp³-hybridized carbons (Fsp3) is 0.364. The summed E-state index contributed by atoms with van der Waals surface area (Å²) >= 11 is 1.32. The zero-order valence-electron chi connectivity index (χ0n) is 8.77. The molecule has 0 aliphatic heterocycles. The second kappa shape index (κ2) is 5.78. The van der Waals surface area contributed by atoms with E-state index in [0.717, 1.165) is 10.5 Å². The monoisotopic (exact) mass is 226 g/mol. The molecule has 1 atom stereocenters. The van der Waals surface area contributed by atoms with Gasteiger partial charge in [0.1, 0.15) is 0 Å². The van der Waals surface area contributed by atoms with Gasteiger partial charge in [0, 0.05) is 12.0 Å². The number of methoxy groups -OCH3 is 1. The largest absolute Gasteiger partial charge is 0.481 e. The van der Waals surface area contributed by atoms with E-state index in [1.54, 1.807) is 7.11 Å². The van der Waals surface area contributed by atoms with Gasteiger partial charge < -0.3 is 9.84 Å². The molecule has 1 aromatic rings. The minimum atomic E-state index is -0.797. The number of carbonyl (C=O) groups is 1. The SMILES string of the molecule is CO[C@H](C)c1ccc(SCC(=O)O)cc1. The van der Waals surface area contributed by atoms with E-state index in [1.807, 2.05) is 31.2 Å². The molecule has 82 valence electrons. The Labute approximate surface area is 93.4 Å². The van der Waals surface area contributed by atoms with Gasteiger partial charge in [0.15, 0.2) is 0 Å². The third-order valence-electron chi connectivity index (χ3n) is 2.07. The molecule has 3 nitrogen and oxygen atoms in total. The summed E-state index contributed by atoms with van der Waals surface area (Å²) in [6.45, 7) is 1.97. The number of carboxylic acid groups (broad SMARTS) is 1.